The summed E-state index contributed by atoms with van der Waals surface area (Å²) < 4.78 is 12.2. The highest BCUT2D eigenvalue weighted by Crippen LogP contribution is 2.37. The first-order valence-electron chi connectivity index (χ1n) is 5.69. The molecule has 0 aliphatic rings. The molecule has 1 aromatic carbocycles. The van der Waals surface area contributed by atoms with Gasteiger partial charge < -0.3 is 15.2 Å². The standard InChI is InChI=1S/C13H13BrIN3O2/c1-6-11(15)12(16)18-13(17-6)7-4-9(19-2)10(20-3)5-8(7)14/h4-5H,1-3H3,(H2,16,17,18). The van der Waals surface area contributed by atoms with E-state index in [1.807, 2.05) is 19.1 Å². The molecule has 2 aromatic rings. The lowest BCUT2D eigenvalue weighted by Crippen LogP contribution is -2.03. The Bertz CT molecular complexity index is 641. The van der Waals surface area contributed by atoms with Crippen LogP contribution in [0.3, 0.4) is 0 Å². The summed E-state index contributed by atoms with van der Waals surface area (Å²) in [4.78, 5) is 8.80. The van der Waals surface area contributed by atoms with Crippen LogP contribution in [0.25, 0.3) is 11.4 Å². The molecule has 1 heterocycles. The second-order valence-electron chi connectivity index (χ2n) is 4.02. The highest BCUT2D eigenvalue weighted by Gasteiger charge is 2.15. The van der Waals surface area contributed by atoms with Crippen LogP contribution in [0.1, 0.15) is 5.69 Å². The largest absolute Gasteiger partial charge is 0.493 e. The number of hydrogen-bond donors (Lipinski definition) is 1. The van der Waals surface area contributed by atoms with Crippen molar-refractivity contribution in [3.8, 4) is 22.9 Å². The Kier molecular flexibility index (Phi) is 4.69. The number of nitrogen functional groups attached to an aromatic ring is 1. The van der Waals surface area contributed by atoms with Crippen LogP contribution < -0.4 is 15.2 Å². The summed E-state index contributed by atoms with van der Waals surface area (Å²) in [6, 6.07) is 3.64. The average Bonchev–Trinajstić information content (AvgIpc) is 2.43. The number of anilines is 1. The maximum absolute atomic E-state index is 5.91. The molecule has 0 atom stereocenters. The molecule has 0 saturated heterocycles. The van der Waals surface area contributed by atoms with E-state index in [9.17, 15) is 0 Å². The number of nitrogens with zero attached hydrogens (tertiary/aromatic N) is 2. The van der Waals surface area contributed by atoms with Crippen LogP contribution >= 0.6 is 38.5 Å². The number of nitrogens with two attached hydrogens (primary N) is 1. The summed E-state index contributed by atoms with van der Waals surface area (Å²) in [5, 5.41) is 0. The van der Waals surface area contributed by atoms with E-state index >= 15 is 0 Å². The first-order chi connectivity index (χ1) is 9.47. The van der Waals surface area contributed by atoms with E-state index in [0.29, 0.717) is 23.1 Å². The Morgan fingerprint density at radius 3 is 2.30 bits per heavy atom. The van der Waals surface area contributed by atoms with Gasteiger partial charge in [-0.25, -0.2) is 9.97 Å². The fraction of sp³-hybridized carbons (Fsp3) is 0.231. The SMILES string of the molecule is COc1cc(Br)c(-c2nc(C)c(I)c(N)n2)cc1OC. The number of aromatic nitrogens is 2. The van der Waals surface area contributed by atoms with Crippen molar-refractivity contribution >= 4 is 44.3 Å². The van der Waals surface area contributed by atoms with Crippen molar-refractivity contribution in [2.24, 2.45) is 0 Å². The van der Waals surface area contributed by atoms with Gasteiger partial charge in [0.25, 0.3) is 0 Å². The number of benzene rings is 1. The van der Waals surface area contributed by atoms with E-state index in [1.54, 1.807) is 14.2 Å². The lowest BCUT2D eigenvalue weighted by atomic mass is 10.2. The summed E-state index contributed by atoms with van der Waals surface area (Å²) in [6.07, 6.45) is 0. The first-order valence-corrected chi connectivity index (χ1v) is 7.56. The number of ether oxygens (including phenoxy) is 2. The third kappa shape index (κ3) is 2.83. The average molecular weight is 450 g/mol. The predicted molar refractivity (Wildman–Crippen MR) is 90.1 cm³/mol. The number of hydrogen-bond acceptors (Lipinski definition) is 5. The molecule has 1 aromatic heterocycles. The number of halogens is 2. The summed E-state index contributed by atoms with van der Waals surface area (Å²) >= 11 is 5.63. The molecule has 5 nitrogen and oxygen atoms in total. The molecule has 0 fully saturated rings. The van der Waals surface area contributed by atoms with E-state index in [2.05, 4.69) is 48.5 Å². The highest BCUT2D eigenvalue weighted by molar-refractivity contribution is 14.1. The van der Waals surface area contributed by atoms with Crippen LogP contribution in [0.4, 0.5) is 5.82 Å². The van der Waals surface area contributed by atoms with Crippen molar-refractivity contribution in [2.45, 2.75) is 6.92 Å². The summed E-state index contributed by atoms with van der Waals surface area (Å²) in [5.41, 5.74) is 7.55. The van der Waals surface area contributed by atoms with Crippen molar-refractivity contribution in [1.29, 1.82) is 0 Å². The molecule has 2 N–H and O–H groups in total. The molecule has 7 heteroatoms. The van der Waals surface area contributed by atoms with Crippen molar-refractivity contribution in [3.63, 3.8) is 0 Å². The van der Waals surface area contributed by atoms with Gasteiger partial charge >= 0.3 is 0 Å². The Labute approximate surface area is 139 Å². The predicted octanol–water partition coefficient (Wildman–Crippen LogP) is 3.42. The lowest BCUT2D eigenvalue weighted by Gasteiger charge is -2.12. The zero-order valence-electron chi connectivity index (χ0n) is 11.2. The van der Waals surface area contributed by atoms with Gasteiger partial charge in [0.2, 0.25) is 0 Å². The third-order valence-electron chi connectivity index (χ3n) is 2.76. The highest BCUT2D eigenvalue weighted by atomic mass is 127. The summed E-state index contributed by atoms with van der Waals surface area (Å²) in [6.45, 7) is 1.90. The van der Waals surface area contributed by atoms with Crippen LogP contribution in [-0.2, 0) is 0 Å². The minimum atomic E-state index is 0.467. The van der Waals surface area contributed by atoms with Gasteiger partial charge in [0, 0.05) is 10.0 Å². The van der Waals surface area contributed by atoms with Crippen LogP contribution in [0, 0.1) is 10.5 Å². The van der Waals surface area contributed by atoms with Crippen molar-refractivity contribution in [1.82, 2.24) is 9.97 Å². The normalized spacial score (nSPS) is 10.4. The summed E-state index contributed by atoms with van der Waals surface area (Å²) in [5.74, 6) is 2.27. The van der Waals surface area contributed by atoms with E-state index in [4.69, 9.17) is 15.2 Å². The molecule has 2 rings (SSSR count). The van der Waals surface area contributed by atoms with Crippen LogP contribution in [0.5, 0.6) is 11.5 Å². The maximum atomic E-state index is 5.91. The Balaban J connectivity index is 2.63. The topological polar surface area (TPSA) is 70.3 Å². The molecule has 106 valence electrons. The van der Waals surface area contributed by atoms with Gasteiger partial charge in [0.15, 0.2) is 17.3 Å². The third-order valence-corrected chi connectivity index (χ3v) is 4.75. The molecule has 0 amide bonds. The second-order valence-corrected chi connectivity index (χ2v) is 5.95. The summed E-state index contributed by atoms with van der Waals surface area (Å²) in [7, 11) is 3.18. The Morgan fingerprint density at radius 2 is 1.75 bits per heavy atom. The molecule has 0 bridgehead atoms. The van der Waals surface area contributed by atoms with E-state index < -0.39 is 0 Å². The lowest BCUT2D eigenvalue weighted by molar-refractivity contribution is 0.355. The molecule has 0 spiro atoms. The first kappa shape index (κ1) is 15.3. The van der Waals surface area contributed by atoms with Crippen LogP contribution in [-0.4, -0.2) is 24.2 Å². The van der Waals surface area contributed by atoms with Gasteiger partial charge in [0.05, 0.1) is 23.5 Å². The number of aryl methyl sites for hydroxylation is 1. The number of methoxy groups -OCH3 is 2. The molecule has 0 aliphatic carbocycles. The fourth-order valence-electron chi connectivity index (χ4n) is 1.73. The van der Waals surface area contributed by atoms with Gasteiger partial charge in [-0.05, 0) is 57.6 Å². The molecular formula is C13H13BrIN3O2. The Hall–Kier alpha value is -1.09. The van der Waals surface area contributed by atoms with Gasteiger partial charge in [0.1, 0.15) is 5.82 Å². The number of rotatable bonds is 3. The molecule has 0 saturated carbocycles. The van der Waals surface area contributed by atoms with Gasteiger partial charge in [-0.2, -0.15) is 0 Å². The quantitative estimate of drug-likeness (QED) is 0.727. The van der Waals surface area contributed by atoms with E-state index in [1.165, 1.54) is 0 Å². The fourth-order valence-corrected chi connectivity index (χ4v) is 2.47. The van der Waals surface area contributed by atoms with Crippen LogP contribution in [0.2, 0.25) is 0 Å². The van der Waals surface area contributed by atoms with Crippen LogP contribution in [0.15, 0.2) is 16.6 Å². The van der Waals surface area contributed by atoms with Gasteiger partial charge in [-0.3, -0.25) is 0 Å². The molecule has 0 radical (unpaired) electrons. The molecule has 20 heavy (non-hydrogen) atoms. The van der Waals surface area contributed by atoms with Crippen molar-refractivity contribution in [2.75, 3.05) is 20.0 Å². The molecule has 0 aliphatic heterocycles. The van der Waals surface area contributed by atoms with Crippen molar-refractivity contribution in [3.05, 3.63) is 25.9 Å². The van der Waals surface area contributed by atoms with Gasteiger partial charge in [-0.15, -0.1) is 0 Å². The monoisotopic (exact) mass is 449 g/mol. The zero-order valence-corrected chi connectivity index (χ0v) is 14.9. The maximum Gasteiger partial charge on any atom is 0.163 e. The van der Waals surface area contributed by atoms with E-state index in [-0.39, 0.29) is 0 Å². The van der Waals surface area contributed by atoms with E-state index in [0.717, 1.165) is 19.3 Å². The van der Waals surface area contributed by atoms with Crippen molar-refractivity contribution < 1.29 is 9.47 Å². The molecular weight excluding hydrogens is 437 g/mol. The van der Waals surface area contributed by atoms with Gasteiger partial charge in [-0.1, -0.05) is 0 Å². The zero-order chi connectivity index (χ0) is 14.9. The second kappa shape index (κ2) is 6.13. The Morgan fingerprint density at radius 1 is 1.15 bits per heavy atom. The smallest absolute Gasteiger partial charge is 0.163 e. The minimum absolute atomic E-state index is 0.467. The minimum Gasteiger partial charge on any atom is -0.493 e. The molecule has 0 unspecified atom stereocenters.